The number of nitrogens with one attached hydrogen (secondary N) is 1. The van der Waals surface area contributed by atoms with Crippen LogP contribution in [0.3, 0.4) is 0 Å². The second-order valence-corrected chi connectivity index (χ2v) is 7.27. The summed E-state index contributed by atoms with van der Waals surface area (Å²) in [4.78, 5) is 12.3. The van der Waals surface area contributed by atoms with Crippen molar-refractivity contribution in [1.82, 2.24) is 5.32 Å². The number of sulfonamides is 1. The third-order valence-corrected chi connectivity index (χ3v) is 4.54. The Kier molecular flexibility index (Phi) is 5.16. The van der Waals surface area contributed by atoms with E-state index in [1.807, 2.05) is 20.8 Å². The van der Waals surface area contributed by atoms with Gasteiger partial charge in [0.25, 0.3) is 5.91 Å². The second kappa shape index (κ2) is 6.26. The Bertz CT molecular complexity index is 582. The van der Waals surface area contributed by atoms with Gasteiger partial charge in [0, 0.05) is 13.1 Å². The Morgan fingerprint density at radius 1 is 1.20 bits per heavy atom. The molecule has 1 amide bonds. The summed E-state index contributed by atoms with van der Waals surface area (Å²) in [5.41, 5.74) is 0.733. The molecule has 0 aliphatic heterocycles. The van der Waals surface area contributed by atoms with Crippen LogP contribution in [-0.4, -0.2) is 33.7 Å². The lowest BCUT2D eigenvalue weighted by Gasteiger charge is -2.22. The highest BCUT2D eigenvalue weighted by molar-refractivity contribution is 7.92. The zero-order chi connectivity index (χ0) is 15.5. The van der Waals surface area contributed by atoms with Gasteiger partial charge in [0.1, 0.15) is 0 Å². The van der Waals surface area contributed by atoms with Crippen LogP contribution in [0.1, 0.15) is 31.1 Å². The van der Waals surface area contributed by atoms with Crippen LogP contribution in [-0.2, 0) is 10.0 Å². The molecule has 5 nitrogen and oxygen atoms in total. The minimum absolute atomic E-state index is 0.0131. The van der Waals surface area contributed by atoms with Gasteiger partial charge < -0.3 is 5.32 Å². The molecule has 0 saturated heterocycles. The molecule has 0 bridgehead atoms. The zero-order valence-corrected chi connectivity index (χ0v) is 13.4. The van der Waals surface area contributed by atoms with Crippen LogP contribution in [0.25, 0.3) is 0 Å². The molecular formula is C14H22N2O3S. The Morgan fingerprint density at radius 2 is 1.75 bits per heavy atom. The normalized spacial score (nSPS) is 13.1. The predicted molar refractivity (Wildman–Crippen MR) is 81.5 cm³/mol. The Labute approximate surface area is 121 Å². The molecule has 0 saturated carbocycles. The molecule has 0 fully saturated rings. The monoisotopic (exact) mass is 298 g/mol. The summed E-state index contributed by atoms with van der Waals surface area (Å²) >= 11 is 0. The molecular weight excluding hydrogens is 276 g/mol. The van der Waals surface area contributed by atoms with Crippen molar-refractivity contribution in [2.75, 3.05) is 17.6 Å². The number of amides is 1. The summed E-state index contributed by atoms with van der Waals surface area (Å²) in [5.74, 6) is 0.0380. The van der Waals surface area contributed by atoms with Crippen molar-refractivity contribution < 1.29 is 13.2 Å². The van der Waals surface area contributed by atoms with Crippen molar-refractivity contribution in [3.63, 3.8) is 0 Å². The molecule has 1 N–H and O–H groups in total. The van der Waals surface area contributed by atoms with Gasteiger partial charge >= 0.3 is 0 Å². The molecule has 0 aliphatic rings. The van der Waals surface area contributed by atoms with Crippen molar-refractivity contribution in [2.45, 2.75) is 26.8 Å². The van der Waals surface area contributed by atoms with E-state index in [4.69, 9.17) is 0 Å². The van der Waals surface area contributed by atoms with Gasteiger partial charge in [-0.05, 0) is 25.0 Å². The molecule has 1 aromatic rings. The fourth-order valence-corrected chi connectivity index (χ4v) is 2.09. The highest BCUT2D eigenvalue weighted by atomic mass is 32.2. The molecule has 0 aromatic heterocycles. The number of nitrogens with zero attached hydrogens (tertiary/aromatic N) is 1. The van der Waals surface area contributed by atoms with Gasteiger partial charge in [-0.3, -0.25) is 9.10 Å². The zero-order valence-electron chi connectivity index (χ0n) is 12.5. The SMILES string of the molecule is CC(C)[C@@H](C)NC(=O)c1ccccc1N(C)S(C)(=O)=O. The second-order valence-electron chi connectivity index (χ2n) is 5.25. The van der Waals surface area contributed by atoms with Crippen LogP contribution >= 0.6 is 0 Å². The maximum absolute atomic E-state index is 12.3. The number of hydrogen-bond donors (Lipinski definition) is 1. The average Bonchev–Trinajstić information content (AvgIpc) is 2.36. The first-order chi connectivity index (χ1) is 9.14. The Morgan fingerprint density at radius 3 is 2.25 bits per heavy atom. The number of carbonyl (C=O) groups is 1. The first kappa shape index (κ1) is 16.5. The summed E-state index contributed by atoms with van der Waals surface area (Å²) in [6.45, 7) is 5.95. The van der Waals surface area contributed by atoms with E-state index < -0.39 is 10.0 Å². The number of benzene rings is 1. The fraction of sp³-hybridized carbons (Fsp3) is 0.500. The van der Waals surface area contributed by atoms with Gasteiger partial charge in [-0.15, -0.1) is 0 Å². The van der Waals surface area contributed by atoms with E-state index in [9.17, 15) is 13.2 Å². The van der Waals surface area contributed by atoms with Crippen molar-refractivity contribution in [2.24, 2.45) is 5.92 Å². The van der Waals surface area contributed by atoms with Gasteiger partial charge in [-0.25, -0.2) is 8.42 Å². The van der Waals surface area contributed by atoms with E-state index in [0.717, 1.165) is 10.6 Å². The van der Waals surface area contributed by atoms with E-state index in [2.05, 4.69) is 5.32 Å². The third-order valence-electron chi connectivity index (χ3n) is 3.34. The van der Waals surface area contributed by atoms with Crippen LogP contribution in [0.15, 0.2) is 24.3 Å². The molecule has 1 aromatic carbocycles. The number of para-hydroxylation sites is 1. The van der Waals surface area contributed by atoms with Gasteiger partial charge in [-0.2, -0.15) is 0 Å². The van der Waals surface area contributed by atoms with E-state index in [0.29, 0.717) is 17.2 Å². The maximum atomic E-state index is 12.3. The molecule has 0 heterocycles. The van der Waals surface area contributed by atoms with Crippen LogP contribution in [0, 0.1) is 5.92 Å². The van der Waals surface area contributed by atoms with E-state index in [1.165, 1.54) is 7.05 Å². The molecule has 0 radical (unpaired) electrons. The van der Waals surface area contributed by atoms with Crippen LogP contribution in [0.4, 0.5) is 5.69 Å². The number of carbonyl (C=O) groups excluding carboxylic acids is 1. The molecule has 0 aliphatic carbocycles. The smallest absolute Gasteiger partial charge is 0.253 e. The van der Waals surface area contributed by atoms with Gasteiger partial charge in [0.15, 0.2) is 0 Å². The van der Waals surface area contributed by atoms with Crippen molar-refractivity contribution in [1.29, 1.82) is 0 Å². The standard InChI is InChI=1S/C14H22N2O3S/c1-10(2)11(3)15-14(17)12-8-6-7-9-13(12)16(4)20(5,18)19/h6-11H,1-5H3,(H,15,17)/t11-/m1/s1. The topological polar surface area (TPSA) is 66.5 Å². The van der Waals surface area contributed by atoms with E-state index >= 15 is 0 Å². The van der Waals surface area contributed by atoms with Crippen LogP contribution < -0.4 is 9.62 Å². The number of hydrogen-bond acceptors (Lipinski definition) is 3. The summed E-state index contributed by atoms with van der Waals surface area (Å²) in [6, 6.07) is 6.68. The van der Waals surface area contributed by atoms with E-state index in [1.54, 1.807) is 24.3 Å². The summed E-state index contributed by atoms with van der Waals surface area (Å²) < 4.78 is 24.4. The van der Waals surface area contributed by atoms with Crippen molar-refractivity contribution in [3.8, 4) is 0 Å². The van der Waals surface area contributed by atoms with Gasteiger partial charge in [0.2, 0.25) is 10.0 Å². The molecule has 0 spiro atoms. The number of rotatable bonds is 5. The molecule has 0 unspecified atom stereocenters. The first-order valence-electron chi connectivity index (χ1n) is 6.48. The average molecular weight is 298 g/mol. The Hall–Kier alpha value is -1.56. The van der Waals surface area contributed by atoms with Gasteiger partial charge in [-0.1, -0.05) is 26.0 Å². The van der Waals surface area contributed by atoms with Crippen molar-refractivity contribution >= 4 is 21.6 Å². The first-order valence-corrected chi connectivity index (χ1v) is 8.33. The lowest BCUT2D eigenvalue weighted by Crippen LogP contribution is -2.37. The summed E-state index contributed by atoms with van der Waals surface area (Å²) in [7, 11) is -1.97. The minimum atomic E-state index is -3.40. The maximum Gasteiger partial charge on any atom is 0.253 e. The lowest BCUT2D eigenvalue weighted by molar-refractivity contribution is 0.0931. The molecule has 1 atom stereocenters. The summed E-state index contributed by atoms with van der Waals surface area (Å²) in [5, 5.41) is 2.88. The quantitative estimate of drug-likeness (QED) is 0.902. The summed E-state index contributed by atoms with van der Waals surface area (Å²) in [6.07, 6.45) is 1.11. The van der Waals surface area contributed by atoms with Crippen LogP contribution in [0.5, 0.6) is 0 Å². The molecule has 6 heteroatoms. The van der Waals surface area contributed by atoms with Gasteiger partial charge in [0.05, 0.1) is 17.5 Å². The largest absolute Gasteiger partial charge is 0.349 e. The molecule has 20 heavy (non-hydrogen) atoms. The lowest BCUT2D eigenvalue weighted by atomic mass is 10.1. The minimum Gasteiger partial charge on any atom is -0.349 e. The molecule has 1 rings (SSSR count). The fourth-order valence-electron chi connectivity index (χ4n) is 1.57. The number of anilines is 1. The Balaban J connectivity index is 3.11. The van der Waals surface area contributed by atoms with Crippen LogP contribution in [0.2, 0.25) is 0 Å². The van der Waals surface area contributed by atoms with E-state index in [-0.39, 0.29) is 11.9 Å². The molecule has 112 valence electrons. The third kappa shape index (κ3) is 3.96. The predicted octanol–water partition coefficient (Wildman–Crippen LogP) is 1.86. The highest BCUT2D eigenvalue weighted by Crippen LogP contribution is 2.21. The highest BCUT2D eigenvalue weighted by Gasteiger charge is 2.20. The van der Waals surface area contributed by atoms with Crippen molar-refractivity contribution in [3.05, 3.63) is 29.8 Å².